The van der Waals surface area contributed by atoms with Gasteiger partial charge in [0.2, 0.25) is 0 Å². The van der Waals surface area contributed by atoms with Crippen LogP contribution < -0.4 is 10.1 Å². The molecule has 146 valence electrons. The monoisotopic (exact) mass is 383 g/mol. The fourth-order valence-electron chi connectivity index (χ4n) is 2.36. The van der Waals surface area contributed by atoms with Crippen LogP contribution in [0.2, 0.25) is 0 Å². The Balaban J connectivity index is 1.77. The highest BCUT2D eigenvalue weighted by atomic mass is 19.4. The Labute approximate surface area is 154 Å². The largest absolute Gasteiger partial charge is 0.573 e. The predicted octanol–water partition coefficient (Wildman–Crippen LogP) is 3.66. The second kappa shape index (κ2) is 9.82. The van der Waals surface area contributed by atoms with Gasteiger partial charge in [0.15, 0.2) is 0 Å². The van der Waals surface area contributed by atoms with Crippen molar-refractivity contribution < 1.29 is 32.5 Å². The first kappa shape index (κ1) is 20.6. The van der Waals surface area contributed by atoms with Crippen molar-refractivity contribution in [3.63, 3.8) is 0 Å². The van der Waals surface area contributed by atoms with Gasteiger partial charge < -0.3 is 19.9 Å². The number of amides is 1. The highest BCUT2D eigenvalue weighted by molar-refractivity contribution is 5.67. The van der Waals surface area contributed by atoms with E-state index in [1.807, 2.05) is 30.3 Å². The van der Waals surface area contributed by atoms with Crippen LogP contribution in [0.1, 0.15) is 11.1 Å². The molecule has 0 saturated heterocycles. The normalized spacial score (nSPS) is 12.3. The smallest absolute Gasteiger partial charge is 0.445 e. The molecule has 2 aromatic carbocycles. The summed E-state index contributed by atoms with van der Waals surface area (Å²) < 4.78 is 45.3. The third-order valence-corrected chi connectivity index (χ3v) is 3.69. The Morgan fingerprint density at radius 3 is 2.30 bits per heavy atom. The summed E-state index contributed by atoms with van der Waals surface area (Å²) in [4.78, 5) is 11.7. The third-order valence-electron chi connectivity index (χ3n) is 3.69. The summed E-state index contributed by atoms with van der Waals surface area (Å²) >= 11 is 0. The molecule has 27 heavy (non-hydrogen) atoms. The van der Waals surface area contributed by atoms with Crippen molar-refractivity contribution in [3.05, 3.63) is 65.7 Å². The Kier molecular flexibility index (Phi) is 7.48. The zero-order valence-electron chi connectivity index (χ0n) is 14.4. The molecule has 0 fully saturated rings. The molecule has 0 aliphatic carbocycles. The maximum absolute atomic E-state index is 12.1. The van der Waals surface area contributed by atoms with E-state index in [1.165, 1.54) is 24.3 Å². The highest BCUT2D eigenvalue weighted by Gasteiger charge is 2.30. The lowest BCUT2D eigenvalue weighted by Gasteiger charge is -2.16. The second-order valence-corrected chi connectivity index (χ2v) is 5.89. The minimum Gasteiger partial charge on any atom is -0.445 e. The quantitative estimate of drug-likeness (QED) is 0.730. The molecule has 8 heteroatoms. The SMILES string of the molecule is O=C(NCC(CO)Cc1ccc(OC(F)(F)F)cc1)OCc1ccccc1. The van der Waals surface area contributed by atoms with Gasteiger partial charge in [0.05, 0.1) is 0 Å². The minimum atomic E-state index is -4.74. The molecule has 1 unspecified atom stereocenters. The van der Waals surface area contributed by atoms with Gasteiger partial charge in [-0.1, -0.05) is 42.5 Å². The molecular weight excluding hydrogens is 363 g/mol. The van der Waals surface area contributed by atoms with Gasteiger partial charge in [-0.15, -0.1) is 13.2 Å². The summed E-state index contributed by atoms with van der Waals surface area (Å²) in [6.45, 7) is 0.113. The number of carbonyl (C=O) groups is 1. The molecule has 2 rings (SSSR count). The molecule has 1 atom stereocenters. The van der Waals surface area contributed by atoms with Crippen molar-refractivity contribution in [1.82, 2.24) is 5.32 Å². The molecule has 0 aromatic heterocycles. The van der Waals surface area contributed by atoms with Crippen molar-refractivity contribution in [2.45, 2.75) is 19.4 Å². The van der Waals surface area contributed by atoms with Gasteiger partial charge in [0, 0.05) is 19.1 Å². The fourth-order valence-corrected chi connectivity index (χ4v) is 2.36. The van der Waals surface area contributed by atoms with Gasteiger partial charge in [-0.3, -0.25) is 0 Å². The molecule has 0 bridgehead atoms. The Morgan fingerprint density at radius 1 is 1.04 bits per heavy atom. The van der Waals surface area contributed by atoms with Crippen molar-refractivity contribution in [1.29, 1.82) is 0 Å². The van der Waals surface area contributed by atoms with Gasteiger partial charge in [-0.05, 0) is 29.7 Å². The molecule has 0 radical (unpaired) electrons. The third kappa shape index (κ3) is 8.00. The average Bonchev–Trinajstić information content (AvgIpc) is 2.64. The van der Waals surface area contributed by atoms with Crippen LogP contribution in [0.5, 0.6) is 5.75 Å². The molecule has 0 heterocycles. The first-order valence-electron chi connectivity index (χ1n) is 8.26. The number of hydrogen-bond donors (Lipinski definition) is 2. The van der Waals surface area contributed by atoms with E-state index in [0.717, 1.165) is 5.56 Å². The van der Waals surface area contributed by atoms with E-state index in [1.54, 1.807) is 0 Å². The van der Waals surface area contributed by atoms with Crippen LogP contribution in [0.3, 0.4) is 0 Å². The van der Waals surface area contributed by atoms with Gasteiger partial charge in [0.25, 0.3) is 0 Å². The minimum absolute atomic E-state index is 0.136. The van der Waals surface area contributed by atoms with Gasteiger partial charge >= 0.3 is 12.5 Å². The molecule has 5 nitrogen and oxygen atoms in total. The molecule has 0 aliphatic rings. The van der Waals surface area contributed by atoms with Crippen LogP contribution in [0.4, 0.5) is 18.0 Å². The summed E-state index contributed by atoms with van der Waals surface area (Å²) in [6.07, 6.45) is -4.97. The number of alkyl halides is 3. The lowest BCUT2D eigenvalue weighted by atomic mass is 10.00. The van der Waals surface area contributed by atoms with Gasteiger partial charge in [-0.25, -0.2) is 4.79 Å². The van der Waals surface area contributed by atoms with E-state index in [9.17, 15) is 23.1 Å². The van der Waals surface area contributed by atoms with E-state index in [-0.39, 0.29) is 31.4 Å². The summed E-state index contributed by atoms with van der Waals surface area (Å²) in [7, 11) is 0. The first-order chi connectivity index (χ1) is 12.9. The van der Waals surface area contributed by atoms with E-state index in [0.29, 0.717) is 12.0 Å². The number of nitrogens with one attached hydrogen (secondary N) is 1. The van der Waals surface area contributed by atoms with Gasteiger partial charge in [0.1, 0.15) is 12.4 Å². The molecule has 2 aromatic rings. The molecule has 2 N–H and O–H groups in total. The maximum atomic E-state index is 12.1. The number of hydrogen-bond acceptors (Lipinski definition) is 4. The van der Waals surface area contributed by atoms with Crippen LogP contribution in [0.25, 0.3) is 0 Å². The van der Waals surface area contributed by atoms with Crippen molar-refractivity contribution in [3.8, 4) is 5.75 Å². The topological polar surface area (TPSA) is 67.8 Å². The van der Waals surface area contributed by atoms with Gasteiger partial charge in [-0.2, -0.15) is 0 Å². The summed E-state index contributed by atoms with van der Waals surface area (Å²) in [6, 6.07) is 14.6. The van der Waals surface area contributed by atoms with Crippen molar-refractivity contribution in [2.75, 3.05) is 13.2 Å². The number of alkyl carbamates (subject to hydrolysis) is 1. The molecule has 0 aliphatic heterocycles. The summed E-state index contributed by atoms with van der Waals surface area (Å²) in [5, 5.41) is 12.0. The molecular formula is C19H20F3NO4. The number of ether oxygens (including phenoxy) is 2. The average molecular weight is 383 g/mol. The van der Waals surface area contributed by atoms with Crippen molar-refractivity contribution in [2.24, 2.45) is 5.92 Å². The van der Waals surface area contributed by atoms with E-state index >= 15 is 0 Å². The van der Waals surface area contributed by atoms with Crippen molar-refractivity contribution >= 4 is 6.09 Å². The number of aliphatic hydroxyl groups excluding tert-OH is 1. The number of rotatable bonds is 8. The lowest BCUT2D eigenvalue weighted by molar-refractivity contribution is -0.274. The summed E-state index contributed by atoms with van der Waals surface area (Å²) in [5.41, 5.74) is 1.57. The molecule has 0 spiro atoms. The molecule has 0 saturated carbocycles. The maximum Gasteiger partial charge on any atom is 0.573 e. The summed E-state index contributed by atoms with van der Waals surface area (Å²) in [5.74, 6) is -0.613. The zero-order valence-corrected chi connectivity index (χ0v) is 14.4. The second-order valence-electron chi connectivity index (χ2n) is 5.89. The number of aliphatic hydroxyl groups is 1. The Hall–Kier alpha value is -2.74. The van der Waals surface area contributed by atoms with Crippen LogP contribution >= 0.6 is 0 Å². The van der Waals surface area contributed by atoms with Crippen LogP contribution in [0, 0.1) is 5.92 Å². The Bertz CT molecular complexity index is 705. The van der Waals surface area contributed by atoms with E-state index in [4.69, 9.17) is 4.74 Å². The van der Waals surface area contributed by atoms with Crippen LogP contribution in [0.15, 0.2) is 54.6 Å². The zero-order chi connectivity index (χ0) is 19.7. The number of halogens is 3. The number of carbonyl (C=O) groups excluding carboxylic acids is 1. The first-order valence-corrected chi connectivity index (χ1v) is 8.26. The Morgan fingerprint density at radius 2 is 1.70 bits per heavy atom. The van der Waals surface area contributed by atoms with E-state index < -0.39 is 12.5 Å². The van der Waals surface area contributed by atoms with Crippen LogP contribution in [-0.4, -0.2) is 30.7 Å². The highest BCUT2D eigenvalue weighted by Crippen LogP contribution is 2.23. The predicted molar refractivity (Wildman–Crippen MR) is 92.0 cm³/mol. The standard InChI is InChI=1S/C19H20F3NO4/c20-19(21,22)27-17-8-6-14(7-9-17)10-16(12-24)11-23-18(25)26-13-15-4-2-1-3-5-15/h1-9,16,24H,10-13H2,(H,23,25). The fraction of sp³-hybridized carbons (Fsp3) is 0.316. The van der Waals surface area contributed by atoms with E-state index in [2.05, 4.69) is 10.1 Å². The molecule has 1 amide bonds. The number of benzene rings is 2. The lowest BCUT2D eigenvalue weighted by Crippen LogP contribution is -2.32. The van der Waals surface area contributed by atoms with Crippen LogP contribution in [-0.2, 0) is 17.8 Å².